The quantitative estimate of drug-likeness (QED) is 0.256. The maximum absolute atomic E-state index is 12.6. The summed E-state index contributed by atoms with van der Waals surface area (Å²) in [4.78, 5) is 12.6. The van der Waals surface area contributed by atoms with Crippen LogP contribution in [0.2, 0.25) is 5.02 Å². The minimum Gasteiger partial charge on any atom is -0.462 e. The van der Waals surface area contributed by atoms with Crippen LogP contribution in [0.5, 0.6) is 0 Å². The van der Waals surface area contributed by atoms with Crippen molar-refractivity contribution in [2.75, 3.05) is 11.9 Å². The summed E-state index contributed by atoms with van der Waals surface area (Å²) in [6.45, 7) is 0.398. The molecule has 0 aliphatic carbocycles. The van der Waals surface area contributed by atoms with Crippen molar-refractivity contribution in [2.24, 2.45) is 0 Å². The Balaban J connectivity index is 2.25. The predicted octanol–water partition coefficient (Wildman–Crippen LogP) is 5.59. The second-order valence-electron chi connectivity index (χ2n) is 4.96. The van der Waals surface area contributed by atoms with Gasteiger partial charge in [-0.25, -0.2) is 4.79 Å². The third-order valence-electron chi connectivity index (χ3n) is 3.58. The van der Waals surface area contributed by atoms with Crippen LogP contribution in [0.15, 0.2) is 48.5 Å². The Kier molecular flexibility index (Phi) is 4.65. The van der Waals surface area contributed by atoms with Crippen molar-refractivity contribution in [3.05, 3.63) is 59.1 Å². The monoisotopic (exact) mass is 376 g/mol. The molecule has 0 bridgehead atoms. The number of rotatable bonds is 4. The van der Waals surface area contributed by atoms with Crippen molar-refractivity contribution in [1.82, 2.24) is 0 Å². The lowest BCUT2D eigenvalue weighted by atomic mass is 9.96. The number of ether oxygens (including phenoxy) is 1. The Morgan fingerprint density at radius 1 is 0.955 bits per heavy atom. The standard InChI is InChI=1S/C18H14BrClO2/c19-10-5-11-22-18(21)16-12-6-1-3-8-14(12)17(20)15-9-4-2-7-13(15)16/h1-4,6-9H,5,10-11H2. The summed E-state index contributed by atoms with van der Waals surface area (Å²) in [5.41, 5.74) is 0.588. The molecule has 0 saturated heterocycles. The van der Waals surface area contributed by atoms with Crippen LogP contribution in [0.25, 0.3) is 21.5 Å². The summed E-state index contributed by atoms with van der Waals surface area (Å²) in [6.07, 6.45) is 0.787. The van der Waals surface area contributed by atoms with Gasteiger partial charge in [0.2, 0.25) is 0 Å². The van der Waals surface area contributed by atoms with Gasteiger partial charge in [-0.2, -0.15) is 0 Å². The lowest BCUT2D eigenvalue weighted by molar-refractivity contribution is 0.0511. The van der Waals surface area contributed by atoms with E-state index in [-0.39, 0.29) is 5.97 Å². The van der Waals surface area contributed by atoms with E-state index in [4.69, 9.17) is 16.3 Å². The summed E-state index contributed by atoms with van der Waals surface area (Å²) < 4.78 is 5.41. The van der Waals surface area contributed by atoms with Gasteiger partial charge in [-0.3, -0.25) is 0 Å². The van der Waals surface area contributed by atoms with E-state index in [1.54, 1.807) is 0 Å². The molecule has 0 unspecified atom stereocenters. The number of benzene rings is 3. The number of hydrogen-bond acceptors (Lipinski definition) is 2. The fourth-order valence-corrected chi connectivity index (χ4v) is 3.15. The fourth-order valence-electron chi connectivity index (χ4n) is 2.59. The third kappa shape index (κ3) is 2.71. The fraction of sp³-hybridized carbons (Fsp3) is 0.167. The molecular formula is C18H14BrClO2. The van der Waals surface area contributed by atoms with E-state index >= 15 is 0 Å². The van der Waals surface area contributed by atoms with Gasteiger partial charge in [0.05, 0.1) is 17.2 Å². The van der Waals surface area contributed by atoms with Gasteiger partial charge in [0.1, 0.15) is 0 Å². The van der Waals surface area contributed by atoms with Crippen LogP contribution in [0.4, 0.5) is 0 Å². The molecule has 0 heterocycles. The molecule has 0 fully saturated rings. The number of alkyl halides is 1. The van der Waals surface area contributed by atoms with Crippen molar-refractivity contribution in [1.29, 1.82) is 0 Å². The molecule has 0 spiro atoms. The Bertz CT molecular complexity index is 788. The molecule has 0 N–H and O–H groups in total. The van der Waals surface area contributed by atoms with Crippen molar-refractivity contribution in [2.45, 2.75) is 6.42 Å². The minimum atomic E-state index is -0.301. The van der Waals surface area contributed by atoms with E-state index < -0.39 is 0 Å². The molecule has 112 valence electrons. The molecule has 22 heavy (non-hydrogen) atoms. The van der Waals surface area contributed by atoms with Gasteiger partial charge >= 0.3 is 5.97 Å². The van der Waals surface area contributed by atoms with Crippen LogP contribution in [0.3, 0.4) is 0 Å². The number of halogens is 2. The lowest BCUT2D eigenvalue weighted by Gasteiger charge is -2.13. The Hall–Kier alpha value is -1.58. The summed E-state index contributed by atoms with van der Waals surface area (Å²) >= 11 is 9.86. The SMILES string of the molecule is O=C(OCCCBr)c1c2ccccc2c(Cl)c2ccccc12. The van der Waals surface area contributed by atoms with Crippen LogP contribution < -0.4 is 0 Å². The Morgan fingerprint density at radius 2 is 1.45 bits per heavy atom. The van der Waals surface area contributed by atoms with Crippen LogP contribution >= 0.6 is 27.5 Å². The summed E-state index contributed by atoms with van der Waals surface area (Å²) in [5, 5.41) is 4.88. The molecule has 3 rings (SSSR count). The van der Waals surface area contributed by atoms with Gasteiger partial charge in [0, 0.05) is 16.1 Å². The minimum absolute atomic E-state index is 0.301. The third-order valence-corrected chi connectivity index (χ3v) is 4.55. The van der Waals surface area contributed by atoms with Crippen molar-refractivity contribution < 1.29 is 9.53 Å². The van der Waals surface area contributed by atoms with Crippen molar-refractivity contribution in [3.8, 4) is 0 Å². The number of esters is 1. The number of carbonyl (C=O) groups excluding carboxylic acids is 1. The summed E-state index contributed by atoms with van der Waals surface area (Å²) in [7, 11) is 0. The molecule has 0 radical (unpaired) electrons. The number of fused-ring (bicyclic) bond motifs is 2. The first-order chi connectivity index (χ1) is 10.7. The van der Waals surface area contributed by atoms with Gasteiger partial charge in [0.15, 0.2) is 0 Å². The largest absolute Gasteiger partial charge is 0.462 e. The van der Waals surface area contributed by atoms with E-state index in [9.17, 15) is 4.79 Å². The second-order valence-corrected chi connectivity index (χ2v) is 6.13. The molecule has 4 heteroatoms. The van der Waals surface area contributed by atoms with E-state index in [2.05, 4.69) is 15.9 Å². The summed E-state index contributed by atoms with van der Waals surface area (Å²) in [5.74, 6) is -0.301. The molecule has 0 aliphatic rings. The van der Waals surface area contributed by atoms with Gasteiger partial charge < -0.3 is 4.74 Å². The van der Waals surface area contributed by atoms with Crippen LogP contribution in [0, 0.1) is 0 Å². The molecule has 0 saturated carbocycles. The van der Waals surface area contributed by atoms with Gasteiger partial charge in [-0.05, 0) is 17.2 Å². The van der Waals surface area contributed by atoms with E-state index in [0.29, 0.717) is 17.2 Å². The Morgan fingerprint density at radius 3 is 1.95 bits per heavy atom. The highest BCUT2D eigenvalue weighted by atomic mass is 79.9. The number of hydrogen-bond donors (Lipinski definition) is 0. The second kappa shape index (κ2) is 6.67. The van der Waals surface area contributed by atoms with Crippen molar-refractivity contribution in [3.63, 3.8) is 0 Å². The Labute approximate surface area is 142 Å². The summed E-state index contributed by atoms with van der Waals surface area (Å²) in [6, 6.07) is 15.3. The molecular weight excluding hydrogens is 364 g/mol. The molecule has 0 aliphatic heterocycles. The van der Waals surface area contributed by atoms with Crippen LogP contribution in [-0.4, -0.2) is 17.9 Å². The maximum atomic E-state index is 12.6. The van der Waals surface area contributed by atoms with E-state index in [1.165, 1.54) is 0 Å². The highest BCUT2D eigenvalue weighted by molar-refractivity contribution is 9.09. The molecule has 3 aromatic rings. The first kappa shape index (κ1) is 15.3. The van der Waals surface area contributed by atoms with Crippen LogP contribution in [-0.2, 0) is 4.74 Å². The van der Waals surface area contributed by atoms with Gasteiger partial charge in [0.25, 0.3) is 0 Å². The predicted molar refractivity (Wildman–Crippen MR) is 95.2 cm³/mol. The average Bonchev–Trinajstić information content (AvgIpc) is 2.55. The lowest BCUT2D eigenvalue weighted by Crippen LogP contribution is -2.08. The van der Waals surface area contributed by atoms with E-state index in [0.717, 1.165) is 33.3 Å². The van der Waals surface area contributed by atoms with Crippen LogP contribution in [0.1, 0.15) is 16.8 Å². The van der Waals surface area contributed by atoms with Crippen molar-refractivity contribution >= 4 is 55.0 Å². The molecule has 2 nitrogen and oxygen atoms in total. The number of carbonyl (C=O) groups is 1. The van der Waals surface area contributed by atoms with Gasteiger partial charge in [-0.1, -0.05) is 76.1 Å². The zero-order chi connectivity index (χ0) is 15.5. The average molecular weight is 378 g/mol. The normalized spacial score (nSPS) is 11.0. The zero-order valence-corrected chi connectivity index (χ0v) is 14.2. The zero-order valence-electron chi connectivity index (χ0n) is 11.8. The highest BCUT2D eigenvalue weighted by Crippen LogP contribution is 2.36. The molecule has 3 aromatic carbocycles. The first-order valence-electron chi connectivity index (χ1n) is 7.06. The topological polar surface area (TPSA) is 26.3 Å². The molecule has 0 amide bonds. The first-order valence-corrected chi connectivity index (χ1v) is 8.56. The maximum Gasteiger partial charge on any atom is 0.339 e. The smallest absolute Gasteiger partial charge is 0.339 e. The molecule has 0 aromatic heterocycles. The van der Waals surface area contributed by atoms with E-state index in [1.807, 2.05) is 48.5 Å². The van der Waals surface area contributed by atoms with Gasteiger partial charge in [-0.15, -0.1) is 0 Å². The highest BCUT2D eigenvalue weighted by Gasteiger charge is 2.18. The molecule has 0 atom stereocenters.